The van der Waals surface area contributed by atoms with Gasteiger partial charge in [-0.25, -0.2) is 4.39 Å². The van der Waals surface area contributed by atoms with Crippen LogP contribution in [0.1, 0.15) is 49.4 Å². The molecule has 0 saturated carbocycles. The van der Waals surface area contributed by atoms with Gasteiger partial charge in [0.15, 0.2) is 0 Å². The summed E-state index contributed by atoms with van der Waals surface area (Å²) in [5, 5.41) is 17.7. The van der Waals surface area contributed by atoms with Crippen LogP contribution >= 0.6 is 11.6 Å². The minimum atomic E-state index is -0.437. The van der Waals surface area contributed by atoms with Gasteiger partial charge in [0.2, 0.25) is 11.8 Å². The number of halogens is 2. The van der Waals surface area contributed by atoms with E-state index in [9.17, 15) is 14.0 Å². The van der Waals surface area contributed by atoms with Gasteiger partial charge >= 0.3 is 0 Å². The predicted octanol–water partition coefficient (Wildman–Crippen LogP) is 5.29. The Kier molecular flexibility index (Phi) is 8.02. The largest absolute Gasteiger partial charge is 0.344 e. The van der Waals surface area contributed by atoms with Crippen LogP contribution in [0.2, 0.25) is 5.02 Å². The van der Waals surface area contributed by atoms with Crippen LogP contribution in [0.3, 0.4) is 0 Å². The smallest absolute Gasteiger partial charge is 0.244 e. The van der Waals surface area contributed by atoms with Crippen molar-refractivity contribution < 1.29 is 14.0 Å². The number of carbonyl (C=O) groups excluding carboxylic acids is 2. The standard InChI is InChI=1S/C28H25ClFN7O2/c29-20-7-10-26(37-17-32-35-36-37)19(14-20)6-11-28(39)33-23-4-2-1-3-5-27(38)34-24-16-21(30)8-9-22(24)18-12-13-31-25(23)15-18/h6-17,23H,1-5H2,(H,33,39)(H,34,38)/b11-6+/t23-/m0/s1. The molecule has 0 aliphatic carbocycles. The van der Waals surface area contributed by atoms with Crippen LogP contribution in [0.5, 0.6) is 0 Å². The third-order valence-corrected chi connectivity index (χ3v) is 6.65. The Hall–Kier alpha value is -4.44. The first-order chi connectivity index (χ1) is 19.0. The first-order valence-electron chi connectivity index (χ1n) is 12.5. The second kappa shape index (κ2) is 12.0. The number of aromatic nitrogens is 5. The first-order valence-corrected chi connectivity index (χ1v) is 12.9. The fourth-order valence-corrected chi connectivity index (χ4v) is 4.70. The Balaban J connectivity index is 1.42. The molecule has 0 radical (unpaired) electrons. The SMILES string of the molecule is O=C(/C=C/c1cc(Cl)ccc1-n1cnnn1)N[C@H]1CCCCCC(=O)Nc2cc(F)ccc2-c2ccnc1c2. The van der Waals surface area contributed by atoms with Gasteiger partial charge in [-0.05, 0) is 83.4 Å². The number of tetrazole rings is 1. The lowest BCUT2D eigenvalue weighted by molar-refractivity contribution is -0.117. The van der Waals surface area contributed by atoms with Gasteiger partial charge < -0.3 is 10.6 Å². The van der Waals surface area contributed by atoms with E-state index in [2.05, 4.69) is 31.1 Å². The van der Waals surface area contributed by atoms with Gasteiger partial charge in [0.25, 0.3) is 0 Å². The predicted molar refractivity (Wildman–Crippen MR) is 145 cm³/mol. The minimum Gasteiger partial charge on any atom is -0.344 e. The molecule has 1 aliphatic rings. The summed E-state index contributed by atoms with van der Waals surface area (Å²) in [5.74, 6) is -0.904. The molecular formula is C28H25ClFN7O2. The van der Waals surface area contributed by atoms with Crippen molar-refractivity contribution in [2.75, 3.05) is 5.32 Å². The molecule has 39 heavy (non-hydrogen) atoms. The van der Waals surface area contributed by atoms with Gasteiger partial charge in [-0.1, -0.05) is 24.4 Å². The summed E-state index contributed by atoms with van der Waals surface area (Å²) in [7, 11) is 0. The maximum Gasteiger partial charge on any atom is 0.244 e. The van der Waals surface area contributed by atoms with Gasteiger partial charge in [-0.15, -0.1) is 5.10 Å². The highest BCUT2D eigenvalue weighted by Crippen LogP contribution is 2.31. The molecule has 5 rings (SSSR count). The Morgan fingerprint density at radius 3 is 2.87 bits per heavy atom. The molecule has 1 atom stereocenters. The number of nitrogens with zero attached hydrogens (tertiary/aromatic N) is 5. The van der Waals surface area contributed by atoms with Crippen LogP contribution in [0.25, 0.3) is 22.9 Å². The number of benzene rings is 2. The molecule has 2 aromatic carbocycles. The fraction of sp³-hybridized carbons (Fsp3) is 0.214. The Morgan fingerprint density at radius 2 is 2.03 bits per heavy atom. The molecule has 0 fully saturated rings. The summed E-state index contributed by atoms with van der Waals surface area (Å²) in [6, 6.07) is 12.8. The summed E-state index contributed by atoms with van der Waals surface area (Å²) in [6.45, 7) is 0. The Bertz CT molecular complexity index is 1520. The minimum absolute atomic E-state index is 0.160. The number of carbonyl (C=O) groups is 2. The van der Waals surface area contributed by atoms with E-state index in [-0.39, 0.29) is 17.9 Å². The molecule has 9 nitrogen and oxygen atoms in total. The number of rotatable bonds is 4. The summed E-state index contributed by atoms with van der Waals surface area (Å²) >= 11 is 6.19. The summed E-state index contributed by atoms with van der Waals surface area (Å²) in [6.07, 6.45) is 9.43. The van der Waals surface area contributed by atoms with Gasteiger partial charge in [-0.3, -0.25) is 14.6 Å². The molecule has 11 heteroatoms. The van der Waals surface area contributed by atoms with Crippen molar-refractivity contribution in [2.24, 2.45) is 0 Å². The highest BCUT2D eigenvalue weighted by molar-refractivity contribution is 6.30. The Labute approximate surface area is 229 Å². The van der Waals surface area contributed by atoms with E-state index in [0.717, 1.165) is 18.4 Å². The quantitative estimate of drug-likeness (QED) is 0.337. The average Bonchev–Trinajstić information content (AvgIpc) is 3.46. The summed E-state index contributed by atoms with van der Waals surface area (Å²) < 4.78 is 15.5. The zero-order valence-corrected chi connectivity index (χ0v) is 21.6. The van der Waals surface area contributed by atoms with E-state index in [1.54, 1.807) is 42.6 Å². The van der Waals surface area contributed by atoms with E-state index >= 15 is 0 Å². The molecular weight excluding hydrogens is 521 g/mol. The van der Waals surface area contributed by atoms with Crippen LogP contribution < -0.4 is 10.6 Å². The monoisotopic (exact) mass is 545 g/mol. The molecule has 2 bridgehead atoms. The number of anilines is 1. The van der Waals surface area contributed by atoms with E-state index in [0.29, 0.717) is 52.5 Å². The van der Waals surface area contributed by atoms with Crippen LogP contribution in [-0.4, -0.2) is 37.0 Å². The average molecular weight is 546 g/mol. The molecule has 2 amide bonds. The van der Waals surface area contributed by atoms with E-state index in [1.807, 2.05) is 6.07 Å². The van der Waals surface area contributed by atoms with Crippen molar-refractivity contribution in [1.29, 1.82) is 0 Å². The number of pyridine rings is 1. The zero-order valence-electron chi connectivity index (χ0n) is 20.8. The maximum absolute atomic E-state index is 14.0. The zero-order chi connectivity index (χ0) is 27.2. The summed E-state index contributed by atoms with van der Waals surface area (Å²) in [4.78, 5) is 30.1. The van der Waals surface area contributed by atoms with E-state index in [1.165, 1.54) is 29.2 Å². The van der Waals surface area contributed by atoms with Crippen LogP contribution in [0, 0.1) is 5.82 Å². The highest BCUT2D eigenvalue weighted by Gasteiger charge is 2.18. The molecule has 2 N–H and O–H groups in total. The van der Waals surface area contributed by atoms with Crippen molar-refractivity contribution in [3.8, 4) is 16.8 Å². The third kappa shape index (κ3) is 6.53. The molecule has 3 heterocycles. The van der Waals surface area contributed by atoms with E-state index in [4.69, 9.17) is 11.6 Å². The third-order valence-electron chi connectivity index (χ3n) is 6.42. The second-order valence-electron chi connectivity index (χ2n) is 9.16. The number of hydrogen-bond acceptors (Lipinski definition) is 6. The lowest BCUT2D eigenvalue weighted by atomic mass is 9.99. The van der Waals surface area contributed by atoms with Crippen LogP contribution in [0.15, 0.2) is 67.1 Å². The van der Waals surface area contributed by atoms with Crippen LogP contribution in [-0.2, 0) is 9.59 Å². The maximum atomic E-state index is 14.0. The number of hydrogen-bond donors (Lipinski definition) is 2. The first kappa shape index (κ1) is 26.2. The van der Waals surface area contributed by atoms with Crippen LogP contribution in [0.4, 0.5) is 10.1 Å². The Morgan fingerprint density at radius 1 is 1.13 bits per heavy atom. The molecule has 0 saturated heterocycles. The normalized spacial score (nSPS) is 15.9. The van der Waals surface area contributed by atoms with E-state index < -0.39 is 5.82 Å². The highest BCUT2D eigenvalue weighted by atomic mass is 35.5. The summed E-state index contributed by atoms with van der Waals surface area (Å²) in [5.41, 5.74) is 3.85. The number of nitrogens with one attached hydrogen (secondary N) is 2. The number of fused-ring (bicyclic) bond motifs is 4. The molecule has 0 spiro atoms. The number of amides is 2. The van der Waals surface area contributed by atoms with Gasteiger partial charge in [0, 0.05) is 34.8 Å². The van der Waals surface area contributed by atoms with Crippen molar-refractivity contribution in [3.63, 3.8) is 0 Å². The molecule has 2 aromatic heterocycles. The van der Waals surface area contributed by atoms with Crippen molar-refractivity contribution in [3.05, 3.63) is 89.2 Å². The van der Waals surface area contributed by atoms with Crippen molar-refractivity contribution >= 4 is 35.2 Å². The van der Waals surface area contributed by atoms with Gasteiger partial charge in [-0.2, -0.15) is 4.68 Å². The molecule has 4 aromatic rings. The van der Waals surface area contributed by atoms with Crippen molar-refractivity contribution in [1.82, 2.24) is 30.5 Å². The fourth-order valence-electron chi connectivity index (χ4n) is 4.52. The molecule has 198 valence electrons. The van der Waals surface area contributed by atoms with Gasteiger partial charge in [0.05, 0.1) is 23.1 Å². The lowest BCUT2D eigenvalue weighted by Gasteiger charge is -2.18. The van der Waals surface area contributed by atoms with Gasteiger partial charge in [0.1, 0.15) is 12.1 Å². The lowest BCUT2D eigenvalue weighted by Crippen LogP contribution is -2.27. The molecule has 1 aliphatic heterocycles. The topological polar surface area (TPSA) is 115 Å². The molecule has 0 unspecified atom stereocenters. The second-order valence-corrected chi connectivity index (χ2v) is 9.60. The van der Waals surface area contributed by atoms with Crippen molar-refractivity contribution in [2.45, 2.75) is 38.1 Å².